The Kier molecular flexibility index (Phi) is 6.87. The van der Waals surface area contributed by atoms with Crippen LogP contribution < -0.4 is 14.8 Å². The van der Waals surface area contributed by atoms with E-state index >= 15 is 0 Å². The van der Waals surface area contributed by atoms with E-state index in [0.29, 0.717) is 27.2 Å². The maximum Gasteiger partial charge on any atom is 0.257 e. The maximum atomic E-state index is 12.2. The molecule has 1 amide bonds. The summed E-state index contributed by atoms with van der Waals surface area (Å²) in [5.41, 5.74) is 0.833. The van der Waals surface area contributed by atoms with Gasteiger partial charge in [0.1, 0.15) is 10.6 Å². The molecule has 0 fully saturated rings. The third-order valence-corrected chi connectivity index (χ3v) is 5.57. The molecule has 8 nitrogen and oxygen atoms in total. The molecule has 26 heavy (non-hydrogen) atoms. The molecule has 0 saturated heterocycles. The third-order valence-electron chi connectivity index (χ3n) is 3.32. The first-order valence-corrected chi connectivity index (χ1v) is 9.80. The number of sulfonamides is 1. The van der Waals surface area contributed by atoms with Gasteiger partial charge in [0, 0.05) is 18.1 Å². The maximum absolute atomic E-state index is 12.2. The van der Waals surface area contributed by atoms with Gasteiger partial charge >= 0.3 is 0 Å². The minimum atomic E-state index is -3.70. The summed E-state index contributed by atoms with van der Waals surface area (Å²) in [6.07, 6.45) is 0. The van der Waals surface area contributed by atoms with E-state index in [-0.39, 0.29) is 24.6 Å². The lowest BCUT2D eigenvalue weighted by molar-refractivity contribution is -0.123. The zero-order valence-electron chi connectivity index (χ0n) is 14.1. The molecular formula is C15H18Cl2N4O4S. The molecule has 11 heteroatoms. The Hall–Kier alpha value is -1.81. The highest BCUT2D eigenvalue weighted by Crippen LogP contribution is 2.27. The molecule has 0 aliphatic rings. The van der Waals surface area contributed by atoms with E-state index in [9.17, 15) is 13.2 Å². The number of nitrogens with zero attached hydrogens (tertiary/aromatic N) is 1. The molecule has 142 valence electrons. The largest absolute Gasteiger partial charge is 0.482 e. The van der Waals surface area contributed by atoms with Gasteiger partial charge in [-0.25, -0.2) is 13.1 Å². The topological polar surface area (TPSA) is 113 Å². The number of amides is 1. The zero-order valence-corrected chi connectivity index (χ0v) is 16.4. The number of H-pyrrole nitrogens is 1. The smallest absolute Gasteiger partial charge is 0.257 e. The number of aromatic nitrogens is 2. The fourth-order valence-electron chi connectivity index (χ4n) is 2.18. The first-order chi connectivity index (χ1) is 12.2. The summed E-state index contributed by atoms with van der Waals surface area (Å²) in [4.78, 5) is 11.9. The number of hydrogen-bond acceptors (Lipinski definition) is 5. The van der Waals surface area contributed by atoms with Gasteiger partial charge in [-0.1, -0.05) is 23.2 Å². The second-order valence-corrected chi connectivity index (χ2v) is 7.92. The molecule has 2 rings (SSSR count). The first kappa shape index (κ1) is 20.5. The van der Waals surface area contributed by atoms with Crippen molar-refractivity contribution >= 4 is 39.1 Å². The molecule has 0 aliphatic heterocycles. The molecule has 3 N–H and O–H groups in total. The van der Waals surface area contributed by atoms with Gasteiger partial charge in [-0.05, 0) is 32.0 Å². The molecule has 1 aromatic heterocycles. The first-order valence-electron chi connectivity index (χ1n) is 7.56. The van der Waals surface area contributed by atoms with Crippen molar-refractivity contribution in [2.45, 2.75) is 18.7 Å². The van der Waals surface area contributed by atoms with Gasteiger partial charge in [-0.3, -0.25) is 9.89 Å². The number of aryl methyl sites for hydroxylation is 2. The van der Waals surface area contributed by atoms with Crippen LogP contribution in [0.4, 0.5) is 0 Å². The van der Waals surface area contributed by atoms with Crippen molar-refractivity contribution in [2.75, 3.05) is 19.7 Å². The van der Waals surface area contributed by atoms with Crippen molar-refractivity contribution in [3.63, 3.8) is 0 Å². The fourth-order valence-corrected chi connectivity index (χ4v) is 4.04. The number of halogens is 2. The van der Waals surface area contributed by atoms with Crippen LogP contribution in [0, 0.1) is 13.8 Å². The summed E-state index contributed by atoms with van der Waals surface area (Å²) in [6.45, 7) is 3.09. The fraction of sp³-hybridized carbons (Fsp3) is 0.333. The number of ether oxygens (including phenoxy) is 1. The third kappa shape index (κ3) is 5.34. The molecule has 0 aliphatic carbocycles. The standard InChI is InChI=1S/C15H18Cl2N4O4S/c1-9-15(10(2)21-20-9)26(23,24)19-6-5-18-14(22)8-25-13-4-3-11(16)7-12(13)17/h3-4,7,19H,5-6,8H2,1-2H3,(H,18,22)(H,20,21). The lowest BCUT2D eigenvalue weighted by Crippen LogP contribution is -2.37. The highest BCUT2D eigenvalue weighted by Gasteiger charge is 2.21. The molecule has 1 aromatic carbocycles. The Morgan fingerprint density at radius 2 is 2.00 bits per heavy atom. The van der Waals surface area contributed by atoms with Crippen LogP contribution in [0.3, 0.4) is 0 Å². The van der Waals surface area contributed by atoms with E-state index in [1.165, 1.54) is 6.07 Å². The molecule has 0 radical (unpaired) electrons. The van der Waals surface area contributed by atoms with Crippen LogP contribution in [0.1, 0.15) is 11.4 Å². The molecule has 0 unspecified atom stereocenters. The summed E-state index contributed by atoms with van der Waals surface area (Å²) >= 11 is 11.7. The van der Waals surface area contributed by atoms with Crippen molar-refractivity contribution in [2.24, 2.45) is 0 Å². The zero-order chi connectivity index (χ0) is 19.3. The van der Waals surface area contributed by atoms with Gasteiger partial charge in [-0.15, -0.1) is 0 Å². The minimum Gasteiger partial charge on any atom is -0.482 e. The summed E-state index contributed by atoms with van der Waals surface area (Å²) < 4.78 is 32.1. The normalized spacial score (nSPS) is 11.4. The molecule has 1 heterocycles. The van der Waals surface area contributed by atoms with Gasteiger partial charge in [0.25, 0.3) is 5.91 Å². The Balaban J connectivity index is 1.76. The quantitative estimate of drug-likeness (QED) is 0.563. The highest BCUT2D eigenvalue weighted by molar-refractivity contribution is 7.89. The molecule has 2 aromatic rings. The van der Waals surface area contributed by atoms with Crippen LogP contribution in [0.2, 0.25) is 10.0 Å². The van der Waals surface area contributed by atoms with E-state index in [1.54, 1.807) is 26.0 Å². The Morgan fingerprint density at radius 1 is 1.27 bits per heavy atom. The molecule has 0 atom stereocenters. The van der Waals surface area contributed by atoms with Crippen LogP contribution in [-0.4, -0.2) is 44.2 Å². The van der Waals surface area contributed by atoms with Gasteiger partial charge in [0.15, 0.2) is 6.61 Å². The van der Waals surface area contributed by atoms with Gasteiger partial charge < -0.3 is 10.1 Å². The second-order valence-electron chi connectivity index (χ2n) is 5.37. The van der Waals surface area contributed by atoms with Gasteiger partial charge in [0.05, 0.1) is 16.4 Å². The molecule has 0 bridgehead atoms. The Bertz CT molecular complexity index is 880. The van der Waals surface area contributed by atoms with Crippen molar-refractivity contribution in [1.82, 2.24) is 20.2 Å². The van der Waals surface area contributed by atoms with Crippen LogP contribution in [0.5, 0.6) is 5.75 Å². The van der Waals surface area contributed by atoms with Crippen molar-refractivity contribution in [1.29, 1.82) is 0 Å². The van der Waals surface area contributed by atoms with Crippen molar-refractivity contribution < 1.29 is 17.9 Å². The van der Waals surface area contributed by atoms with Crippen LogP contribution in [0.25, 0.3) is 0 Å². The predicted octanol–water partition coefficient (Wildman–Crippen LogP) is 1.81. The molecule has 0 saturated carbocycles. The van der Waals surface area contributed by atoms with E-state index in [1.807, 2.05) is 0 Å². The molecular weight excluding hydrogens is 403 g/mol. The number of benzene rings is 1. The van der Waals surface area contributed by atoms with Crippen molar-refractivity contribution in [3.05, 3.63) is 39.6 Å². The van der Waals surface area contributed by atoms with Crippen LogP contribution in [0.15, 0.2) is 23.1 Å². The lowest BCUT2D eigenvalue weighted by atomic mass is 10.3. The highest BCUT2D eigenvalue weighted by atomic mass is 35.5. The minimum absolute atomic E-state index is 0.0276. The summed E-state index contributed by atoms with van der Waals surface area (Å²) in [5.74, 6) is -0.0799. The Morgan fingerprint density at radius 3 is 2.62 bits per heavy atom. The number of carbonyl (C=O) groups is 1. The number of carbonyl (C=O) groups excluding carboxylic acids is 1. The van der Waals surface area contributed by atoms with Gasteiger partial charge in [-0.2, -0.15) is 5.10 Å². The average Bonchev–Trinajstić information content (AvgIpc) is 2.90. The van der Waals surface area contributed by atoms with Crippen LogP contribution >= 0.6 is 23.2 Å². The van der Waals surface area contributed by atoms with Gasteiger partial charge in [0.2, 0.25) is 10.0 Å². The van der Waals surface area contributed by atoms with E-state index in [4.69, 9.17) is 27.9 Å². The summed E-state index contributed by atoms with van der Waals surface area (Å²) in [7, 11) is -3.70. The predicted molar refractivity (Wildman–Crippen MR) is 98.2 cm³/mol. The number of aromatic amines is 1. The molecule has 0 spiro atoms. The summed E-state index contributed by atoms with van der Waals surface area (Å²) in [6, 6.07) is 4.65. The van der Waals surface area contributed by atoms with Crippen molar-refractivity contribution in [3.8, 4) is 5.75 Å². The number of rotatable bonds is 8. The van der Waals surface area contributed by atoms with E-state index in [2.05, 4.69) is 20.2 Å². The van der Waals surface area contributed by atoms with Crippen LogP contribution in [-0.2, 0) is 14.8 Å². The second kappa shape index (κ2) is 8.72. The van der Waals surface area contributed by atoms with E-state index < -0.39 is 15.9 Å². The number of nitrogens with one attached hydrogen (secondary N) is 3. The summed E-state index contributed by atoms with van der Waals surface area (Å²) in [5, 5.41) is 9.78. The monoisotopic (exact) mass is 420 g/mol. The van der Waals surface area contributed by atoms with E-state index in [0.717, 1.165) is 0 Å². The average molecular weight is 421 g/mol. The number of hydrogen-bond donors (Lipinski definition) is 3. The lowest BCUT2D eigenvalue weighted by Gasteiger charge is -2.10. The SMILES string of the molecule is Cc1n[nH]c(C)c1S(=O)(=O)NCCNC(=O)COc1ccc(Cl)cc1Cl. The Labute approximate surface area is 161 Å².